The summed E-state index contributed by atoms with van der Waals surface area (Å²) in [5, 5.41) is 8.45. The Morgan fingerprint density at radius 2 is 1.93 bits per heavy atom. The lowest BCUT2D eigenvalue weighted by molar-refractivity contribution is 0.0691. The van der Waals surface area contributed by atoms with E-state index in [4.69, 9.17) is 5.11 Å². The minimum absolute atomic E-state index is 0.435. The molecule has 1 aromatic carbocycles. The Morgan fingerprint density at radius 1 is 1.33 bits per heavy atom. The predicted octanol–water partition coefficient (Wildman–Crippen LogP) is 1.36. The molecule has 0 spiro atoms. The minimum Gasteiger partial charge on any atom is -0.478 e. The highest BCUT2D eigenvalue weighted by atomic mass is 32.2. The molecule has 1 aromatic rings. The van der Waals surface area contributed by atoms with Crippen LogP contribution in [0.4, 0.5) is 14.5 Å². The van der Waals surface area contributed by atoms with Gasteiger partial charge in [-0.15, -0.1) is 4.36 Å². The highest BCUT2D eigenvalue weighted by molar-refractivity contribution is 7.61. The second kappa shape index (κ2) is 4.13. The van der Waals surface area contributed by atoms with E-state index in [1.807, 2.05) is 0 Å². The second-order valence-corrected chi connectivity index (χ2v) is 3.02. The lowest BCUT2D eigenvalue weighted by Gasteiger charge is -1.99. The van der Waals surface area contributed by atoms with Crippen LogP contribution in [0.15, 0.2) is 16.5 Å². The van der Waals surface area contributed by atoms with Gasteiger partial charge in [0.05, 0.1) is 0 Å². The van der Waals surface area contributed by atoms with E-state index >= 15 is 0 Å². The first-order valence-electron chi connectivity index (χ1n) is 3.45. The van der Waals surface area contributed by atoms with Gasteiger partial charge in [0.1, 0.15) is 17.1 Å². The number of benzene rings is 1. The number of halogens is 2. The van der Waals surface area contributed by atoms with Gasteiger partial charge in [-0.05, 0) is 6.07 Å². The summed E-state index contributed by atoms with van der Waals surface area (Å²) < 4.78 is 48.8. The molecule has 1 N–H and O–H groups in total. The van der Waals surface area contributed by atoms with E-state index in [0.29, 0.717) is 12.1 Å². The molecule has 80 valence electrons. The number of rotatable bonds is 2. The average molecular weight is 235 g/mol. The van der Waals surface area contributed by atoms with Gasteiger partial charge in [0.25, 0.3) is 0 Å². The number of nitrogens with zero attached hydrogens (tertiary/aromatic N) is 1. The van der Waals surface area contributed by atoms with E-state index in [-0.39, 0.29) is 0 Å². The minimum atomic E-state index is -2.98. The van der Waals surface area contributed by atoms with Gasteiger partial charge in [0.2, 0.25) is 0 Å². The molecule has 1 rings (SSSR count). The molecule has 5 nitrogen and oxygen atoms in total. The van der Waals surface area contributed by atoms with Crippen LogP contribution in [0.25, 0.3) is 0 Å². The number of aromatic carboxylic acids is 1. The fourth-order valence-electron chi connectivity index (χ4n) is 0.877. The van der Waals surface area contributed by atoms with Gasteiger partial charge in [-0.25, -0.2) is 13.6 Å². The Morgan fingerprint density at radius 3 is 2.40 bits per heavy atom. The van der Waals surface area contributed by atoms with Crippen molar-refractivity contribution in [2.24, 2.45) is 4.36 Å². The van der Waals surface area contributed by atoms with Crippen LogP contribution in [0.5, 0.6) is 0 Å². The number of hydrogen-bond acceptors (Lipinski definition) is 4. The van der Waals surface area contributed by atoms with E-state index in [9.17, 15) is 22.0 Å². The molecule has 0 amide bonds. The van der Waals surface area contributed by atoms with Crippen LogP contribution in [-0.2, 0) is 10.5 Å². The zero-order chi connectivity index (χ0) is 11.6. The molecule has 0 unspecified atom stereocenters. The topological polar surface area (TPSA) is 83.8 Å². The summed E-state index contributed by atoms with van der Waals surface area (Å²) in [6.07, 6.45) is 0. The van der Waals surface area contributed by atoms with Crippen LogP contribution in [0.1, 0.15) is 10.4 Å². The zero-order valence-electron chi connectivity index (χ0n) is 6.94. The number of carbonyl (C=O) groups is 1. The van der Waals surface area contributed by atoms with E-state index in [1.54, 1.807) is 0 Å². The van der Waals surface area contributed by atoms with Crippen molar-refractivity contribution >= 4 is 22.2 Å². The monoisotopic (exact) mass is 235 g/mol. The van der Waals surface area contributed by atoms with Gasteiger partial charge in [0.15, 0.2) is 5.82 Å². The molecule has 0 fully saturated rings. The molecule has 8 heteroatoms. The van der Waals surface area contributed by atoms with Crippen molar-refractivity contribution in [1.82, 2.24) is 0 Å². The van der Waals surface area contributed by atoms with Gasteiger partial charge < -0.3 is 5.11 Å². The standard InChI is InChI=1S/C7H3F2NO4S/c8-3-1-4(7(11)12)6(9)5(2-3)10-15(13)14/h1-2H,(H,11,12). The van der Waals surface area contributed by atoms with Crippen molar-refractivity contribution in [3.63, 3.8) is 0 Å². The molecule has 15 heavy (non-hydrogen) atoms. The quantitative estimate of drug-likeness (QED) is 0.838. The maximum Gasteiger partial charge on any atom is 0.338 e. The summed E-state index contributed by atoms with van der Waals surface area (Å²) in [4.78, 5) is 10.4. The summed E-state index contributed by atoms with van der Waals surface area (Å²) in [5.41, 5.74) is -1.85. The molecule has 0 aliphatic carbocycles. The molecule has 0 heterocycles. The summed E-state index contributed by atoms with van der Waals surface area (Å²) in [6, 6.07) is 0.919. The number of carboxylic acid groups (broad SMARTS) is 1. The molecular weight excluding hydrogens is 232 g/mol. The zero-order valence-corrected chi connectivity index (χ0v) is 7.75. The van der Waals surface area contributed by atoms with Crippen LogP contribution in [0, 0.1) is 11.6 Å². The van der Waals surface area contributed by atoms with Gasteiger partial charge in [-0.1, -0.05) is 0 Å². The highest BCUT2D eigenvalue weighted by Crippen LogP contribution is 2.22. The van der Waals surface area contributed by atoms with E-state index < -0.39 is 39.4 Å². The Hall–Kier alpha value is -1.83. The summed E-state index contributed by atoms with van der Waals surface area (Å²) in [7, 11) is -2.98. The van der Waals surface area contributed by atoms with Gasteiger partial charge in [-0.3, -0.25) is 0 Å². The summed E-state index contributed by atoms with van der Waals surface area (Å²) in [6.45, 7) is 0. The lowest BCUT2D eigenvalue weighted by atomic mass is 10.2. The normalized spacial score (nSPS) is 9.73. The second-order valence-electron chi connectivity index (χ2n) is 2.40. The molecule has 0 radical (unpaired) electrons. The van der Waals surface area contributed by atoms with Gasteiger partial charge in [-0.2, -0.15) is 8.42 Å². The molecule has 0 aliphatic heterocycles. The van der Waals surface area contributed by atoms with Gasteiger partial charge >= 0.3 is 16.5 Å². The molecule has 0 atom stereocenters. The van der Waals surface area contributed by atoms with E-state index in [0.717, 1.165) is 0 Å². The fourth-order valence-corrected chi connectivity index (χ4v) is 1.17. The predicted molar refractivity (Wildman–Crippen MR) is 44.3 cm³/mol. The summed E-state index contributed by atoms with van der Waals surface area (Å²) in [5.74, 6) is -4.19. The van der Waals surface area contributed by atoms with Crippen LogP contribution in [0.2, 0.25) is 0 Å². The van der Waals surface area contributed by atoms with Crippen molar-refractivity contribution in [2.75, 3.05) is 0 Å². The van der Waals surface area contributed by atoms with Crippen molar-refractivity contribution in [2.45, 2.75) is 0 Å². The Kier molecular flexibility index (Phi) is 3.10. The SMILES string of the molecule is O=C(O)c1cc(F)cc(N=S(=O)=O)c1F. The average Bonchev–Trinajstić information content (AvgIpc) is 2.09. The van der Waals surface area contributed by atoms with Crippen molar-refractivity contribution in [1.29, 1.82) is 0 Å². The Labute approximate surface area is 83.7 Å². The van der Waals surface area contributed by atoms with Crippen LogP contribution in [-0.4, -0.2) is 19.5 Å². The smallest absolute Gasteiger partial charge is 0.338 e. The van der Waals surface area contributed by atoms with Crippen molar-refractivity contribution in [3.8, 4) is 0 Å². The maximum atomic E-state index is 13.1. The largest absolute Gasteiger partial charge is 0.478 e. The summed E-state index contributed by atoms with van der Waals surface area (Å²) >= 11 is 0. The van der Waals surface area contributed by atoms with Crippen molar-refractivity contribution in [3.05, 3.63) is 29.3 Å². The maximum absolute atomic E-state index is 13.1. The van der Waals surface area contributed by atoms with Crippen LogP contribution in [0.3, 0.4) is 0 Å². The fraction of sp³-hybridized carbons (Fsp3) is 0. The van der Waals surface area contributed by atoms with Crippen LogP contribution < -0.4 is 0 Å². The molecule has 0 aromatic heterocycles. The lowest BCUT2D eigenvalue weighted by Crippen LogP contribution is -2.01. The van der Waals surface area contributed by atoms with E-state index in [1.165, 1.54) is 0 Å². The van der Waals surface area contributed by atoms with E-state index in [2.05, 4.69) is 4.36 Å². The van der Waals surface area contributed by atoms with Crippen LogP contribution >= 0.6 is 0 Å². The third-order valence-corrected chi connectivity index (χ3v) is 1.77. The van der Waals surface area contributed by atoms with Crippen molar-refractivity contribution < 1.29 is 27.1 Å². The van der Waals surface area contributed by atoms with Gasteiger partial charge in [0, 0.05) is 6.07 Å². The number of hydrogen-bond donors (Lipinski definition) is 1. The third-order valence-electron chi connectivity index (χ3n) is 1.42. The first-order chi connectivity index (χ1) is 6.91. The number of carboxylic acids is 1. The molecule has 0 bridgehead atoms. The Balaban J connectivity index is 3.55. The Bertz CT molecular complexity index is 544. The molecule has 0 saturated heterocycles. The molecular formula is C7H3F2NO4S. The first kappa shape index (κ1) is 11.2. The first-order valence-corrected chi connectivity index (χ1v) is 4.48. The third kappa shape index (κ3) is 2.56. The molecule has 0 aliphatic rings. The molecule has 0 saturated carbocycles. The highest BCUT2D eigenvalue weighted by Gasteiger charge is 2.16.